The molecule has 0 atom stereocenters. The van der Waals surface area contributed by atoms with E-state index in [0.29, 0.717) is 0 Å². The summed E-state index contributed by atoms with van der Waals surface area (Å²) in [7, 11) is 0. The first-order valence-electron chi connectivity index (χ1n) is 4.84. The van der Waals surface area contributed by atoms with Crippen LogP contribution in [0.15, 0.2) is 0 Å². The number of thiophene rings is 1. The monoisotopic (exact) mass is 215 g/mol. The minimum atomic E-state index is 0.798. The van der Waals surface area contributed by atoms with Crippen LogP contribution in [0.25, 0.3) is 0 Å². The highest BCUT2D eigenvalue weighted by Crippen LogP contribution is 2.38. The second-order valence-corrected chi connectivity index (χ2v) is 5.31. The normalized spacial score (nSPS) is 17.6. The standard InChI is InChI=1S/C10H14ClNS/c11-10-9(12)7-5-3-1-2-4-6-8(7)13-10/h1-6,12H2. The summed E-state index contributed by atoms with van der Waals surface area (Å²) in [6.07, 6.45) is 7.57. The summed E-state index contributed by atoms with van der Waals surface area (Å²) >= 11 is 7.70. The van der Waals surface area contributed by atoms with Crippen molar-refractivity contribution >= 4 is 28.6 Å². The van der Waals surface area contributed by atoms with Gasteiger partial charge in [0.2, 0.25) is 0 Å². The lowest BCUT2D eigenvalue weighted by molar-refractivity contribution is 0.623. The van der Waals surface area contributed by atoms with Gasteiger partial charge >= 0.3 is 0 Å². The zero-order valence-corrected chi connectivity index (χ0v) is 9.18. The van der Waals surface area contributed by atoms with Crippen LogP contribution in [0.4, 0.5) is 5.69 Å². The lowest BCUT2D eigenvalue weighted by atomic mass is 9.99. The maximum Gasteiger partial charge on any atom is 0.116 e. The van der Waals surface area contributed by atoms with Gasteiger partial charge < -0.3 is 5.73 Å². The van der Waals surface area contributed by atoms with Crippen molar-refractivity contribution in [2.24, 2.45) is 0 Å². The number of aryl methyl sites for hydroxylation is 1. The molecule has 2 rings (SSSR count). The molecule has 0 bridgehead atoms. The van der Waals surface area contributed by atoms with Crippen molar-refractivity contribution in [2.45, 2.75) is 38.5 Å². The molecule has 0 spiro atoms. The molecule has 0 saturated heterocycles. The number of fused-ring (bicyclic) bond motifs is 1. The molecule has 2 N–H and O–H groups in total. The molecular weight excluding hydrogens is 202 g/mol. The van der Waals surface area contributed by atoms with E-state index in [1.165, 1.54) is 42.5 Å². The van der Waals surface area contributed by atoms with Gasteiger partial charge in [-0.3, -0.25) is 0 Å². The van der Waals surface area contributed by atoms with Crippen LogP contribution >= 0.6 is 22.9 Å². The van der Waals surface area contributed by atoms with Gasteiger partial charge in [-0.25, -0.2) is 0 Å². The summed E-state index contributed by atoms with van der Waals surface area (Å²) in [6, 6.07) is 0. The van der Waals surface area contributed by atoms with Gasteiger partial charge in [-0.1, -0.05) is 24.4 Å². The quantitative estimate of drug-likeness (QED) is 0.703. The molecule has 0 saturated carbocycles. The molecular formula is C10H14ClNS. The van der Waals surface area contributed by atoms with E-state index in [9.17, 15) is 0 Å². The molecule has 1 aromatic rings. The van der Waals surface area contributed by atoms with Gasteiger partial charge in [-0.05, 0) is 31.2 Å². The smallest absolute Gasteiger partial charge is 0.116 e. The lowest BCUT2D eigenvalue weighted by Crippen LogP contribution is -1.98. The third kappa shape index (κ3) is 1.84. The van der Waals surface area contributed by atoms with Gasteiger partial charge in [0.15, 0.2) is 0 Å². The molecule has 3 heteroatoms. The van der Waals surface area contributed by atoms with Crippen LogP contribution in [-0.4, -0.2) is 0 Å². The van der Waals surface area contributed by atoms with E-state index < -0.39 is 0 Å². The number of hydrogen-bond donors (Lipinski definition) is 1. The van der Waals surface area contributed by atoms with Crippen LogP contribution in [0.5, 0.6) is 0 Å². The van der Waals surface area contributed by atoms with Crippen LogP contribution in [-0.2, 0) is 12.8 Å². The van der Waals surface area contributed by atoms with Crippen LogP contribution < -0.4 is 5.73 Å². The Morgan fingerprint density at radius 3 is 2.54 bits per heavy atom. The van der Waals surface area contributed by atoms with Crippen molar-refractivity contribution in [2.75, 3.05) is 5.73 Å². The Morgan fingerprint density at radius 1 is 1.08 bits per heavy atom. The van der Waals surface area contributed by atoms with Gasteiger partial charge in [0.1, 0.15) is 4.34 Å². The third-order valence-corrected chi connectivity index (χ3v) is 4.20. The largest absolute Gasteiger partial charge is 0.397 e. The van der Waals surface area contributed by atoms with Crippen molar-refractivity contribution < 1.29 is 0 Å². The van der Waals surface area contributed by atoms with Gasteiger partial charge in [-0.2, -0.15) is 0 Å². The predicted molar refractivity (Wildman–Crippen MR) is 59.6 cm³/mol. The van der Waals surface area contributed by atoms with Crippen LogP contribution in [0.1, 0.15) is 36.1 Å². The van der Waals surface area contributed by atoms with Crippen LogP contribution in [0.2, 0.25) is 4.34 Å². The summed E-state index contributed by atoms with van der Waals surface area (Å²) in [5, 5.41) is 0. The van der Waals surface area contributed by atoms with E-state index in [1.54, 1.807) is 11.3 Å². The highest BCUT2D eigenvalue weighted by atomic mass is 35.5. The molecule has 0 aliphatic heterocycles. The van der Waals surface area contributed by atoms with Crippen molar-refractivity contribution in [3.8, 4) is 0 Å². The minimum absolute atomic E-state index is 0.798. The molecule has 1 heterocycles. The Balaban J connectivity index is 2.33. The molecule has 72 valence electrons. The number of hydrogen-bond acceptors (Lipinski definition) is 2. The SMILES string of the molecule is Nc1c(Cl)sc2c1CCCCCC2. The Kier molecular flexibility index (Phi) is 2.80. The third-order valence-electron chi connectivity index (χ3n) is 2.67. The van der Waals surface area contributed by atoms with Crippen molar-refractivity contribution in [1.82, 2.24) is 0 Å². The van der Waals surface area contributed by atoms with E-state index in [0.717, 1.165) is 16.4 Å². The predicted octanol–water partition coefficient (Wildman–Crippen LogP) is 3.64. The molecule has 1 nitrogen and oxygen atoms in total. The Morgan fingerprint density at radius 2 is 1.77 bits per heavy atom. The van der Waals surface area contributed by atoms with E-state index in [4.69, 9.17) is 17.3 Å². The van der Waals surface area contributed by atoms with E-state index in [1.807, 2.05) is 0 Å². The first-order chi connectivity index (χ1) is 6.29. The summed E-state index contributed by atoms with van der Waals surface area (Å²) in [6.45, 7) is 0. The van der Waals surface area contributed by atoms with Gasteiger partial charge in [0.05, 0.1) is 5.69 Å². The minimum Gasteiger partial charge on any atom is -0.397 e. The fraction of sp³-hybridized carbons (Fsp3) is 0.600. The van der Waals surface area contributed by atoms with Crippen LogP contribution in [0.3, 0.4) is 0 Å². The van der Waals surface area contributed by atoms with Crippen molar-refractivity contribution in [3.05, 3.63) is 14.8 Å². The van der Waals surface area contributed by atoms with Gasteiger partial charge in [0.25, 0.3) is 0 Å². The lowest BCUT2D eigenvalue weighted by Gasteiger charge is -2.09. The zero-order chi connectivity index (χ0) is 9.26. The molecule has 13 heavy (non-hydrogen) atoms. The van der Waals surface area contributed by atoms with Gasteiger partial charge in [-0.15, -0.1) is 11.3 Å². The van der Waals surface area contributed by atoms with Crippen LogP contribution in [0, 0.1) is 0 Å². The number of rotatable bonds is 0. The second-order valence-electron chi connectivity index (χ2n) is 3.61. The molecule has 1 aliphatic carbocycles. The molecule has 0 aromatic carbocycles. The van der Waals surface area contributed by atoms with Gasteiger partial charge in [0, 0.05) is 4.88 Å². The van der Waals surface area contributed by atoms with Crippen molar-refractivity contribution in [1.29, 1.82) is 0 Å². The van der Waals surface area contributed by atoms with Crippen molar-refractivity contribution in [3.63, 3.8) is 0 Å². The first kappa shape index (κ1) is 9.35. The molecule has 0 unspecified atom stereocenters. The number of nitrogens with two attached hydrogens (primary N) is 1. The second kappa shape index (κ2) is 3.89. The summed E-state index contributed by atoms with van der Waals surface area (Å²) in [4.78, 5) is 1.43. The topological polar surface area (TPSA) is 26.0 Å². The molecule has 0 fully saturated rings. The maximum absolute atomic E-state index is 6.02. The average Bonchev–Trinajstić information content (AvgIpc) is 2.31. The first-order valence-corrected chi connectivity index (χ1v) is 6.04. The molecule has 0 amide bonds. The van der Waals surface area contributed by atoms with E-state index >= 15 is 0 Å². The highest BCUT2D eigenvalue weighted by Gasteiger charge is 2.15. The number of anilines is 1. The Labute approximate surface area is 87.9 Å². The number of halogens is 1. The number of nitrogen functional groups attached to an aromatic ring is 1. The van der Waals surface area contributed by atoms with E-state index in [2.05, 4.69) is 0 Å². The fourth-order valence-electron chi connectivity index (χ4n) is 1.91. The summed E-state index contributed by atoms with van der Waals surface area (Å²) in [5.74, 6) is 0. The molecule has 1 aliphatic rings. The summed E-state index contributed by atoms with van der Waals surface area (Å²) in [5.41, 5.74) is 8.12. The Bertz CT molecular complexity index is 306. The van der Waals surface area contributed by atoms with E-state index in [-0.39, 0.29) is 0 Å². The average molecular weight is 216 g/mol. The fourth-order valence-corrected chi connectivity index (χ4v) is 3.34. The summed E-state index contributed by atoms with van der Waals surface area (Å²) < 4.78 is 0.798. The Hall–Kier alpha value is -0.210. The molecule has 0 radical (unpaired) electrons. The maximum atomic E-state index is 6.02. The zero-order valence-electron chi connectivity index (χ0n) is 7.61. The molecule has 1 aromatic heterocycles. The highest BCUT2D eigenvalue weighted by molar-refractivity contribution is 7.17.